The molecule has 3 rings (SSSR count). The Labute approximate surface area is 224 Å². The van der Waals surface area contributed by atoms with E-state index in [0.717, 1.165) is 31.3 Å². The molecule has 4 atom stereocenters. The third-order valence-electron chi connectivity index (χ3n) is 9.09. The predicted octanol–water partition coefficient (Wildman–Crippen LogP) is 5.52. The van der Waals surface area contributed by atoms with Gasteiger partial charge < -0.3 is 10.1 Å². The quantitative estimate of drug-likeness (QED) is 0.212. The second-order valence-corrected chi connectivity index (χ2v) is 11.2. The van der Waals surface area contributed by atoms with E-state index in [4.69, 9.17) is 4.74 Å². The number of hydrogen-bond acceptors (Lipinski definition) is 5. The van der Waals surface area contributed by atoms with Crippen LogP contribution in [0.15, 0.2) is 23.3 Å². The van der Waals surface area contributed by atoms with E-state index in [1.54, 1.807) is 7.05 Å². The van der Waals surface area contributed by atoms with Crippen molar-refractivity contribution in [1.29, 1.82) is 0 Å². The number of fused-ring (bicyclic) bond motifs is 1. The number of allylic oxidation sites excluding steroid dienone is 2. The third kappa shape index (κ3) is 6.41. The number of ketones is 1. The number of nitrogens with one attached hydrogen (secondary N) is 1. The number of carbonyl (C=O) groups excluding carboxylic acids is 3. The minimum absolute atomic E-state index is 0.188. The zero-order valence-corrected chi connectivity index (χ0v) is 23.0. The van der Waals surface area contributed by atoms with Gasteiger partial charge in [-0.3, -0.25) is 19.3 Å². The molecule has 0 heterocycles. The molecule has 3 aliphatic carbocycles. The van der Waals surface area contributed by atoms with Crippen molar-refractivity contribution in [2.45, 2.75) is 102 Å². The molecule has 0 aromatic rings. The first-order chi connectivity index (χ1) is 18.0. The molecule has 0 spiro atoms. The zero-order chi connectivity index (χ0) is 28.1. The summed E-state index contributed by atoms with van der Waals surface area (Å²) >= 11 is 0. The average molecular weight is 541 g/mol. The van der Waals surface area contributed by atoms with Crippen LogP contribution in [0, 0.1) is 17.8 Å². The van der Waals surface area contributed by atoms with Crippen LogP contribution in [-0.4, -0.2) is 61.0 Å². The third-order valence-corrected chi connectivity index (χ3v) is 9.09. The van der Waals surface area contributed by atoms with Gasteiger partial charge in [-0.2, -0.15) is 13.2 Å². The van der Waals surface area contributed by atoms with E-state index in [2.05, 4.69) is 11.9 Å². The van der Waals surface area contributed by atoms with Gasteiger partial charge in [0.25, 0.3) is 0 Å². The Bertz CT molecular complexity index is 925. The van der Waals surface area contributed by atoms with Crippen molar-refractivity contribution in [1.82, 2.24) is 10.2 Å². The van der Waals surface area contributed by atoms with Gasteiger partial charge in [-0.15, -0.1) is 0 Å². The Hall–Kier alpha value is -2.00. The normalized spacial score (nSPS) is 26.6. The van der Waals surface area contributed by atoms with Gasteiger partial charge in [-0.05, 0) is 81.9 Å². The lowest BCUT2D eigenvalue weighted by Gasteiger charge is -2.42. The summed E-state index contributed by atoms with van der Waals surface area (Å²) in [6.45, 7) is 8.22. The van der Waals surface area contributed by atoms with Crippen LogP contribution < -0.4 is 5.32 Å². The summed E-state index contributed by atoms with van der Waals surface area (Å²) < 4.78 is 47.2. The molecule has 38 heavy (non-hydrogen) atoms. The number of alkyl halides is 3. The molecule has 0 aromatic carbocycles. The Balaban J connectivity index is 1.58. The molecular weight excluding hydrogens is 497 g/mol. The van der Waals surface area contributed by atoms with E-state index in [1.165, 1.54) is 11.3 Å². The lowest BCUT2D eigenvalue weighted by atomic mass is 9.65. The van der Waals surface area contributed by atoms with Crippen molar-refractivity contribution in [2.24, 2.45) is 17.8 Å². The van der Waals surface area contributed by atoms with Crippen molar-refractivity contribution in [3.05, 3.63) is 23.3 Å². The molecule has 2 saturated carbocycles. The van der Waals surface area contributed by atoms with E-state index in [-0.39, 0.29) is 30.0 Å². The fraction of sp³-hybridized carbons (Fsp3) is 0.759. The average Bonchev–Trinajstić information content (AvgIpc) is 2.91. The molecular formula is C29H43F3N2O4. The SMILES string of the molecule is C=C1C(=O)CC(C(F)(F)F)C2CCC(OCCCCN(C=O)C(=O)C(C)(NC)C3CCCCC3)C(CC)=C12. The van der Waals surface area contributed by atoms with Crippen molar-refractivity contribution in [2.75, 3.05) is 20.2 Å². The minimum Gasteiger partial charge on any atom is -0.374 e. The smallest absolute Gasteiger partial charge is 0.374 e. The van der Waals surface area contributed by atoms with Crippen molar-refractivity contribution >= 4 is 18.1 Å². The number of rotatable bonds is 11. The van der Waals surface area contributed by atoms with Crippen molar-refractivity contribution < 1.29 is 32.3 Å². The van der Waals surface area contributed by atoms with Crippen LogP contribution in [0.4, 0.5) is 13.2 Å². The second kappa shape index (κ2) is 12.9. The van der Waals surface area contributed by atoms with Gasteiger partial charge in [0, 0.05) is 25.1 Å². The fourth-order valence-corrected chi connectivity index (χ4v) is 6.72. The van der Waals surface area contributed by atoms with Crippen LogP contribution in [0.2, 0.25) is 0 Å². The summed E-state index contributed by atoms with van der Waals surface area (Å²) in [5.41, 5.74) is 0.614. The highest BCUT2D eigenvalue weighted by atomic mass is 19.4. The Morgan fingerprint density at radius 3 is 2.42 bits per heavy atom. The standard InChI is InChI=1S/C29H43F3N2O4/c1-5-21-25(14-13-22-23(29(30,31)32)17-24(36)19(2)26(21)22)38-16-10-9-15-34(18-35)27(37)28(3,33-4)20-11-7-6-8-12-20/h18,20,22-23,25,33H,2,5-17H2,1,3-4H3. The summed E-state index contributed by atoms with van der Waals surface area (Å²) in [5, 5.41) is 3.18. The maximum Gasteiger partial charge on any atom is 0.392 e. The van der Waals surface area contributed by atoms with Crippen LogP contribution in [-0.2, 0) is 19.1 Å². The Morgan fingerprint density at radius 2 is 1.84 bits per heavy atom. The summed E-state index contributed by atoms with van der Waals surface area (Å²) in [6.07, 6.45) is 2.97. The highest BCUT2D eigenvalue weighted by Gasteiger charge is 2.52. The van der Waals surface area contributed by atoms with E-state index in [0.29, 0.717) is 50.7 Å². The number of nitrogens with zero attached hydrogens (tertiary/aromatic N) is 1. The second-order valence-electron chi connectivity index (χ2n) is 11.2. The van der Waals surface area contributed by atoms with Crippen LogP contribution in [0.25, 0.3) is 0 Å². The molecule has 6 nitrogen and oxygen atoms in total. The van der Waals surface area contributed by atoms with Crippen LogP contribution >= 0.6 is 0 Å². The van der Waals surface area contributed by atoms with Gasteiger partial charge in [-0.1, -0.05) is 32.8 Å². The van der Waals surface area contributed by atoms with E-state index < -0.39 is 35.8 Å². The number of Topliss-reactive ketones (excluding diaryl/α,β-unsaturated/α-hetero) is 1. The summed E-state index contributed by atoms with van der Waals surface area (Å²) in [6, 6.07) is 0. The fourth-order valence-electron chi connectivity index (χ4n) is 6.72. The van der Waals surface area contributed by atoms with Crippen molar-refractivity contribution in [3.63, 3.8) is 0 Å². The van der Waals surface area contributed by atoms with Crippen LogP contribution in [0.5, 0.6) is 0 Å². The van der Waals surface area contributed by atoms with Gasteiger partial charge in [0.15, 0.2) is 5.78 Å². The molecule has 1 N–H and O–H groups in total. The number of likely N-dealkylation sites (N-methyl/N-ethyl adjacent to an activating group) is 1. The summed E-state index contributed by atoms with van der Waals surface area (Å²) in [7, 11) is 1.77. The van der Waals surface area contributed by atoms with Gasteiger partial charge in [0.1, 0.15) is 0 Å². The number of amides is 2. The monoisotopic (exact) mass is 540 g/mol. The number of imide groups is 1. The van der Waals surface area contributed by atoms with E-state index in [9.17, 15) is 27.6 Å². The van der Waals surface area contributed by atoms with E-state index >= 15 is 0 Å². The Morgan fingerprint density at radius 1 is 1.16 bits per heavy atom. The molecule has 9 heteroatoms. The minimum atomic E-state index is -4.43. The Kier molecular flexibility index (Phi) is 10.4. The lowest BCUT2D eigenvalue weighted by Crippen LogP contribution is -2.59. The lowest BCUT2D eigenvalue weighted by molar-refractivity contribution is -0.191. The first-order valence-corrected chi connectivity index (χ1v) is 14.1. The van der Waals surface area contributed by atoms with Crippen LogP contribution in [0.1, 0.15) is 84.5 Å². The van der Waals surface area contributed by atoms with E-state index in [1.807, 2.05) is 13.8 Å². The highest BCUT2D eigenvalue weighted by Crippen LogP contribution is 2.50. The number of ether oxygens (including phenoxy) is 1. The molecule has 0 saturated heterocycles. The largest absolute Gasteiger partial charge is 0.392 e. The molecule has 0 aromatic heterocycles. The first kappa shape index (κ1) is 30.5. The number of carbonyl (C=O) groups is 3. The summed E-state index contributed by atoms with van der Waals surface area (Å²) in [4.78, 5) is 38.7. The number of unbranched alkanes of at least 4 members (excludes halogenated alkanes) is 1. The zero-order valence-electron chi connectivity index (χ0n) is 23.0. The molecule has 0 radical (unpaired) electrons. The maximum atomic E-state index is 13.7. The topological polar surface area (TPSA) is 75.7 Å². The highest BCUT2D eigenvalue weighted by molar-refractivity contribution is 6.01. The first-order valence-electron chi connectivity index (χ1n) is 14.1. The maximum absolute atomic E-state index is 13.7. The van der Waals surface area contributed by atoms with Gasteiger partial charge in [0.05, 0.1) is 17.6 Å². The molecule has 0 bridgehead atoms. The van der Waals surface area contributed by atoms with Gasteiger partial charge in [0.2, 0.25) is 12.3 Å². The number of hydrogen-bond donors (Lipinski definition) is 1. The van der Waals surface area contributed by atoms with Crippen LogP contribution in [0.3, 0.4) is 0 Å². The van der Waals surface area contributed by atoms with Crippen molar-refractivity contribution in [3.8, 4) is 0 Å². The molecule has 2 fully saturated rings. The number of halogens is 3. The molecule has 4 unspecified atom stereocenters. The van der Waals surface area contributed by atoms with Gasteiger partial charge in [-0.25, -0.2) is 0 Å². The molecule has 2 amide bonds. The van der Waals surface area contributed by atoms with Gasteiger partial charge >= 0.3 is 6.18 Å². The molecule has 214 valence electrons. The molecule has 3 aliphatic rings. The molecule has 0 aliphatic heterocycles. The predicted molar refractivity (Wildman–Crippen MR) is 139 cm³/mol. The summed E-state index contributed by atoms with van der Waals surface area (Å²) in [5.74, 6) is -2.97.